The van der Waals surface area contributed by atoms with E-state index in [4.69, 9.17) is 37.0 Å². The minimum Gasteiger partial charge on any atom is -0.462 e. The molecule has 0 amide bonds. The number of esters is 4. The van der Waals surface area contributed by atoms with Crippen molar-refractivity contribution in [2.75, 3.05) is 39.6 Å². The van der Waals surface area contributed by atoms with Crippen LogP contribution in [-0.2, 0) is 65.4 Å². The van der Waals surface area contributed by atoms with Crippen LogP contribution in [0.4, 0.5) is 0 Å². The molecule has 0 aromatic rings. The second kappa shape index (κ2) is 52.8. The third kappa shape index (κ3) is 53.8. The SMILES string of the molecule is CCCCCCCCCCCCCC(=O)OC[C@H](COP(=O)(O)OC[C@@H](O)COP(=O)(O)OC[C@@H](COC(=O)CCCCCCC)OC(=O)CCCCCCCCC(C)CC)OC(=O)CCCCCCCCCCCCC(C)C. The number of aliphatic hydroxyl groups excluding tert-OH is 1. The molecule has 0 aliphatic carbocycles. The Labute approximate surface area is 479 Å². The first-order valence-corrected chi connectivity index (χ1v) is 34.5. The number of carbonyl (C=O) groups excluding carboxylic acids is 4. The van der Waals surface area contributed by atoms with Crippen molar-refractivity contribution in [2.45, 2.75) is 310 Å². The van der Waals surface area contributed by atoms with E-state index in [1.807, 2.05) is 0 Å². The maximum atomic E-state index is 12.9. The lowest BCUT2D eigenvalue weighted by Crippen LogP contribution is -2.30. The molecule has 3 N–H and O–H groups in total. The average Bonchev–Trinajstić information content (AvgIpc) is 3.41. The van der Waals surface area contributed by atoms with E-state index in [1.165, 1.54) is 103 Å². The minimum atomic E-state index is -4.94. The van der Waals surface area contributed by atoms with Gasteiger partial charge in [0.15, 0.2) is 12.2 Å². The predicted octanol–water partition coefficient (Wildman–Crippen LogP) is 16.1. The molecule has 0 aliphatic heterocycles. The first-order valence-electron chi connectivity index (χ1n) is 31.5. The molecule has 0 aromatic heterocycles. The summed E-state index contributed by atoms with van der Waals surface area (Å²) in [4.78, 5) is 71.8. The van der Waals surface area contributed by atoms with Gasteiger partial charge in [-0.05, 0) is 37.5 Å². The summed E-state index contributed by atoms with van der Waals surface area (Å²) in [5, 5.41) is 10.5. The number of unbranched alkanes of at least 4 members (excludes halogenated alkanes) is 28. The van der Waals surface area contributed by atoms with Crippen molar-refractivity contribution in [3.63, 3.8) is 0 Å². The Morgan fingerprint density at radius 1 is 0.367 bits per heavy atom. The van der Waals surface area contributed by atoms with Gasteiger partial charge in [-0.1, -0.05) is 241 Å². The van der Waals surface area contributed by atoms with Crippen molar-refractivity contribution in [1.82, 2.24) is 0 Å². The molecule has 0 saturated carbocycles. The molecule has 6 atom stereocenters. The van der Waals surface area contributed by atoms with Gasteiger partial charge in [0.1, 0.15) is 19.3 Å². The Morgan fingerprint density at radius 2 is 0.646 bits per heavy atom. The lowest BCUT2D eigenvalue weighted by Gasteiger charge is -2.21. The monoisotopic (exact) mass is 1170 g/mol. The molecular weight excluding hydrogens is 1050 g/mol. The van der Waals surface area contributed by atoms with Gasteiger partial charge in [0.05, 0.1) is 26.4 Å². The lowest BCUT2D eigenvalue weighted by atomic mass is 10.00. The smallest absolute Gasteiger partial charge is 0.462 e. The highest BCUT2D eigenvalue weighted by Crippen LogP contribution is 2.45. The molecule has 17 nitrogen and oxygen atoms in total. The van der Waals surface area contributed by atoms with Crippen LogP contribution in [0.2, 0.25) is 0 Å². The van der Waals surface area contributed by atoms with Crippen LogP contribution in [0, 0.1) is 11.8 Å². The Kier molecular flexibility index (Phi) is 51.5. The van der Waals surface area contributed by atoms with E-state index >= 15 is 0 Å². The summed E-state index contributed by atoms with van der Waals surface area (Å²) in [7, 11) is -9.87. The van der Waals surface area contributed by atoms with E-state index in [1.54, 1.807) is 0 Å². The number of phosphoric ester groups is 2. The number of carbonyl (C=O) groups is 4. The highest BCUT2D eigenvalue weighted by Gasteiger charge is 2.30. The fraction of sp³-hybridized carbons (Fsp3) is 0.933. The Balaban J connectivity index is 5.19. The highest BCUT2D eigenvalue weighted by molar-refractivity contribution is 7.47. The summed E-state index contributed by atoms with van der Waals surface area (Å²) in [6.07, 6.45) is 33.8. The van der Waals surface area contributed by atoms with E-state index in [0.717, 1.165) is 108 Å². The van der Waals surface area contributed by atoms with Crippen molar-refractivity contribution >= 4 is 39.5 Å². The Morgan fingerprint density at radius 3 is 0.962 bits per heavy atom. The largest absolute Gasteiger partial charge is 0.472 e. The van der Waals surface area contributed by atoms with Crippen molar-refractivity contribution < 1.29 is 80.2 Å². The van der Waals surface area contributed by atoms with Gasteiger partial charge < -0.3 is 33.8 Å². The molecule has 0 rings (SSSR count). The molecule has 19 heteroatoms. The second-order valence-corrected chi connectivity index (χ2v) is 25.4. The predicted molar refractivity (Wildman–Crippen MR) is 312 cm³/mol. The molecule has 3 unspecified atom stereocenters. The molecule has 0 bridgehead atoms. The average molecular weight is 1170 g/mol. The van der Waals surface area contributed by atoms with E-state index in [2.05, 4.69) is 41.5 Å². The quantitative estimate of drug-likeness (QED) is 0.0222. The molecule has 0 radical (unpaired) electrons. The van der Waals surface area contributed by atoms with Crippen LogP contribution in [0.3, 0.4) is 0 Å². The van der Waals surface area contributed by atoms with Gasteiger partial charge in [0.2, 0.25) is 0 Å². The number of ether oxygens (including phenoxy) is 4. The van der Waals surface area contributed by atoms with Gasteiger partial charge in [-0.2, -0.15) is 0 Å². The molecule has 0 aromatic carbocycles. The number of hydrogen-bond donors (Lipinski definition) is 3. The van der Waals surface area contributed by atoms with Crippen molar-refractivity contribution in [3.8, 4) is 0 Å². The van der Waals surface area contributed by atoms with Crippen LogP contribution >= 0.6 is 15.6 Å². The van der Waals surface area contributed by atoms with Crippen molar-refractivity contribution in [1.29, 1.82) is 0 Å². The number of hydrogen-bond acceptors (Lipinski definition) is 15. The fourth-order valence-electron chi connectivity index (χ4n) is 8.79. The molecule has 79 heavy (non-hydrogen) atoms. The topological polar surface area (TPSA) is 237 Å². The van der Waals surface area contributed by atoms with E-state index < -0.39 is 97.5 Å². The van der Waals surface area contributed by atoms with E-state index in [0.29, 0.717) is 25.7 Å². The van der Waals surface area contributed by atoms with Gasteiger partial charge >= 0.3 is 39.5 Å². The zero-order valence-corrected chi connectivity index (χ0v) is 52.4. The van der Waals surface area contributed by atoms with Crippen LogP contribution in [-0.4, -0.2) is 96.7 Å². The summed E-state index contributed by atoms with van der Waals surface area (Å²) < 4.78 is 67.6. The van der Waals surface area contributed by atoms with Crippen LogP contribution in [0.25, 0.3) is 0 Å². The molecule has 0 saturated heterocycles. The molecule has 0 fully saturated rings. The van der Waals surface area contributed by atoms with E-state index in [-0.39, 0.29) is 25.7 Å². The van der Waals surface area contributed by atoms with Crippen LogP contribution in [0.1, 0.15) is 292 Å². The standard InChI is InChI=1S/C60H116O17P2/c1-7-10-12-14-15-16-17-21-24-31-37-43-58(63)71-49-56(76-59(64)44-38-32-25-22-19-18-20-23-29-34-40-52(4)5)51-75-79(68,69)73-47-54(61)46-72-78(66,67)74-50-55(48-70-57(62)42-36-28-13-11-8-2)77-60(65)45-39-33-27-26-30-35-41-53(6)9-3/h52-56,61H,7-51H2,1-6H3,(H,66,67)(H,68,69)/t53?,54-,55+,56+/m0/s1. The highest BCUT2D eigenvalue weighted by atomic mass is 31.2. The number of aliphatic hydroxyl groups is 1. The molecular formula is C60H116O17P2. The van der Waals surface area contributed by atoms with Gasteiger partial charge in [-0.15, -0.1) is 0 Å². The first-order chi connectivity index (χ1) is 37.9. The summed E-state index contributed by atoms with van der Waals surface area (Å²) in [6, 6.07) is 0. The zero-order chi connectivity index (χ0) is 58.7. The van der Waals surface area contributed by atoms with Gasteiger partial charge in [-0.3, -0.25) is 37.3 Å². The van der Waals surface area contributed by atoms with E-state index in [9.17, 15) is 43.2 Å². The third-order valence-electron chi connectivity index (χ3n) is 14.1. The van der Waals surface area contributed by atoms with Crippen molar-refractivity contribution in [3.05, 3.63) is 0 Å². The fourth-order valence-corrected chi connectivity index (χ4v) is 10.4. The molecule has 0 aliphatic rings. The molecule has 0 heterocycles. The summed E-state index contributed by atoms with van der Waals surface area (Å²) >= 11 is 0. The molecule has 0 spiro atoms. The van der Waals surface area contributed by atoms with Gasteiger partial charge in [0, 0.05) is 25.7 Å². The van der Waals surface area contributed by atoms with Crippen molar-refractivity contribution in [2.24, 2.45) is 11.8 Å². The maximum absolute atomic E-state index is 12.9. The van der Waals surface area contributed by atoms with Gasteiger partial charge in [0.25, 0.3) is 0 Å². The van der Waals surface area contributed by atoms with Crippen LogP contribution < -0.4 is 0 Å². The number of rotatable bonds is 59. The van der Waals surface area contributed by atoms with Crippen LogP contribution in [0.5, 0.6) is 0 Å². The lowest BCUT2D eigenvalue weighted by molar-refractivity contribution is -0.161. The third-order valence-corrected chi connectivity index (χ3v) is 16.0. The normalized spacial score (nSPS) is 14.8. The summed E-state index contributed by atoms with van der Waals surface area (Å²) in [5.41, 5.74) is 0. The second-order valence-electron chi connectivity index (χ2n) is 22.5. The Hall–Kier alpha value is -1.94. The maximum Gasteiger partial charge on any atom is 0.472 e. The first kappa shape index (κ1) is 77.1. The summed E-state index contributed by atoms with van der Waals surface area (Å²) in [5.74, 6) is -0.679. The van der Waals surface area contributed by atoms with Gasteiger partial charge in [-0.25, -0.2) is 9.13 Å². The zero-order valence-electron chi connectivity index (χ0n) is 50.7. The molecule has 468 valence electrons. The number of phosphoric acid groups is 2. The minimum absolute atomic E-state index is 0.102. The Bertz CT molecular complexity index is 1570. The van der Waals surface area contributed by atoms with Crippen LogP contribution in [0.15, 0.2) is 0 Å². The summed E-state index contributed by atoms with van der Waals surface area (Å²) in [6.45, 7) is 9.31.